The van der Waals surface area contributed by atoms with Crippen LogP contribution in [0.15, 0.2) is 10.3 Å². The summed E-state index contributed by atoms with van der Waals surface area (Å²) in [5.41, 5.74) is 7.89. The summed E-state index contributed by atoms with van der Waals surface area (Å²) >= 11 is 0. The van der Waals surface area contributed by atoms with E-state index in [1.807, 2.05) is 0 Å². The molecule has 1 aliphatic rings. The zero-order valence-electron chi connectivity index (χ0n) is 4.77. The lowest BCUT2D eigenvalue weighted by Gasteiger charge is -2.00. The van der Waals surface area contributed by atoms with E-state index in [1.54, 1.807) is 6.21 Å². The smallest absolute Gasteiger partial charge is 0.138 e. The Bertz CT molecular complexity index is 152. The number of azide groups is 1. The third kappa shape index (κ3) is 1.62. The number of hydrogen-bond donors (Lipinski definition) is 0. The lowest BCUT2D eigenvalue weighted by atomic mass is 10.3. The van der Waals surface area contributed by atoms with Gasteiger partial charge in [0.05, 0.1) is 6.54 Å². The van der Waals surface area contributed by atoms with Crippen molar-refractivity contribution in [3.05, 3.63) is 10.4 Å². The lowest BCUT2D eigenvalue weighted by Crippen LogP contribution is -2.08. The first kappa shape index (κ1) is 5.91. The molecular formula is C4H6N4O. The van der Waals surface area contributed by atoms with Crippen LogP contribution < -0.4 is 0 Å². The number of hydrogen-bond acceptors (Lipinski definition) is 3. The van der Waals surface area contributed by atoms with Crippen molar-refractivity contribution in [3.8, 4) is 0 Å². The molecule has 1 heterocycles. The SMILES string of the molecule is [N-]=[N+]=NCC1CC=NO1. The highest BCUT2D eigenvalue weighted by molar-refractivity contribution is 5.58. The van der Waals surface area contributed by atoms with Gasteiger partial charge in [0.15, 0.2) is 0 Å². The molecule has 1 atom stereocenters. The number of rotatable bonds is 2. The molecule has 0 amide bonds. The Morgan fingerprint density at radius 2 is 2.89 bits per heavy atom. The number of nitrogens with zero attached hydrogens (tertiary/aromatic N) is 4. The molecule has 48 valence electrons. The molecule has 0 aromatic heterocycles. The van der Waals surface area contributed by atoms with Gasteiger partial charge in [-0.25, -0.2) is 0 Å². The fraction of sp³-hybridized carbons (Fsp3) is 0.750. The summed E-state index contributed by atoms with van der Waals surface area (Å²) in [5, 5.41) is 6.84. The van der Waals surface area contributed by atoms with E-state index < -0.39 is 0 Å². The molecule has 0 spiro atoms. The van der Waals surface area contributed by atoms with Gasteiger partial charge in [-0.15, -0.1) is 0 Å². The Morgan fingerprint density at radius 1 is 2.00 bits per heavy atom. The highest BCUT2D eigenvalue weighted by Gasteiger charge is 2.10. The Hall–Kier alpha value is -1.22. The summed E-state index contributed by atoms with van der Waals surface area (Å²) in [4.78, 5) is 7.35. The second-order valence-electron chi connectivity index (χ2n) is 1.66. The van der Waals surface area contributed by atoms with Crippen molar-refractivity contribution >= 4 is 6.21 Å². The zero-order chi connectivity index (χ0) is 6.53. The Kier molecular flexibility index (Phi) is 1.93. The molecule has 0 saturated heterocycles. The van der Waals surface area contributed by atoms with E-state index in [0.717, 1.165) is 6.42 Å². The van der Waals surface area contributed by atoms with Gasteiger partial charge in [0.25, 0.3) is 0 Å². The Morgan fingerprint density at radius 3 is 3.44 bits per heavy atom. The third-order valence-electron chi connectivity index (χ3n) is 1.00. The fourth-order valence-corrected chi connectivity index (χ4v) is 0.568. The summed E-state index contributed by atoms with van der Waals surface area (Å²) in [7, 11) is 0. The molecule has 0 saturated carbocycles. The fourth-order valence-electron chi connectivity index (χ4n) is 0.568. The normalized spacial score (nSPS) is 22.9. The van der Waals surface area contributed by atoms with Crippen LogP contribution in [0.1, 0.15) is 6.42 Å². The summed E-state index contributed by atoms with van der Waals surface area (Å²) < 4.78 is 0. The molecule has 0 aromatic carbocycles. The van der Waals surface area contributed by atoms with Crippen molar-refractivity contribution < 1.29 is 4.84 Å². The Balaban J connectivity index is 2.22. The van der Waals surface area contributed by atoms with E-state index in [2.05, 4.69) is 15.2 Å². The van der Waals surface area contributed by atoms with Crippen molar-refractivity contribution in [2.45, 2.75) is 12.5 Å². The molecular weight excluding hydrogens is 120 g/mol. The van der Waals surface area contributed by atoms with Gasteiger partial charge in [-0.05, 0) is 5.53 Å². The van der Waals surface area contributed by atoms with Gasteiger partial charge in [-0.2, -0.15) is 0 Å². The van der Waals surface area contributed by atoms with E-state index in [0.29, 0.717) is 6.54 Å². The van der Waals surface area contributed by atoms with E-state index in [9.17, 15) is 0 Å². The van der Waals surface area contributed by atoms with Gasteiger partial charge in [-0.3, -0.25) is 0 Å². The highest BCUT2D eigenvalue weighted by Crippen LogP contribution is 2.03. The van der Waals surface area contributed by atoms with Gasteiger partial charge in [-0.1, -0.05) is 10.3 Å². The molecule has 5 heteroatoms. The van der Waals surface area contributed by atoms with Gasteiger partial charge in [0, 0.05) is 17.5 Å². The number of oxime groups is 1. The molecule has 0 fully saturated rings. The van der Waals surface area contributed by atoms with Crippen LogP contribution in [0.2, 0.25) is 0 Å². The van der Waals surface area contributed by atoms with Gasteiger partial charge >= 0.3 is 0 Å². The molecule has 1 aliphatic heterocycles. The molecule has 0 aliphatic carbocycles. The van der Waals surface area contributed by atoms with Gasteiger partial charge in [0.1, 0.15) is 6.10 Å². The van der Waals surface area contributed by atoms with E-state index in [4.69, 9.17) is 10.4 Å². The first-order valence-electron chi connectivity index (χ1n) is 2.62. The Labute approximate surface area is 51.9 Å². The van der Waals surface area contributed by atoms with Crippen molar-refractivity contribution in [1.29, 1.82) is 0 Å². The maximum atomic E-state index is 7.89. The maximum absolute atomic E-state index is 7.89. The first-order valence-corrected chi connectivity index (χ1v) is 2.62. The van der Waals surface area contributed by atoms with Gasteiger partial charge < -0.3 is 4.84 Å². The van der Waals surface area contributed by atoms with Crippen molar-refractivity contribution in [3.63, 3.8) is 0 Å². The van der Waals surface area contributed by atoms with E-state index >= 15 is 0 Å². The molecule has 0 N–H and O–H groups in total. The van der Waals surface area contributed by atoms with Crippen molar-refractivity contribution in [2.75, 3.05) is 6.54 Å². The zero-order valence-corrected chi connectivity index (χ0v) is 4.77. The van der Waals surface area contributed by atoms with Crippen LogP contribution in [0.4, 0.5) is 0 Å². The van der Waals surface area contributed by atoms with Gasteiger partial charge in [0.2, 0.25) is 0 Å². The average Bonchev–Trinajstić information content (AvgIpc) is 2.34. The predicted molar refractivity (Wildman–Crippen MR) is 32.0 cm³/mol. The second kappa shape index (κ2) is 2.94. The third-order valence-corrected chi connectivity index (χ3v) is 1.00. The minimum Gasteiger partial charge on any atom is -0.392 e. The largest absolute Gasteiger partial charge is 0.392 e. The monoisotopic (exact) mass is 126 g/mol. The van der Waals surface area contributed by atoms with Crippen molar-refractivity contribution in [2.24, 2.45) is 10.3 Å². The molecule has 0 aromatic rings. The van der Waals surface area contributed by atoms with Crippen LogP contribution >= 0.6 is 0 Å². The van der Waals surface area contributed by atoms with Crippen LogP contribution in [0, 0.1) is 0 Å². The predicted octanol–water partition coefficient (Wildman–Crippen LogP) is 1.07. The minimum absolute atomic E-state index is 0.0269. The molecule has 1 unspecified atom stereocenters. The average molecular weight is 126 g/mol. The van der Waals surface area contributed by atoms with Crippen LogP contribution in [0.25, 0.3) is 10.4 Å². The van der Waals surface area contributed by atoms with E-state index in [1.165, 1.54) is 0 Å². The molecule has 9 heavy (non-hydrogen) atoms. The molecule has 1 rings (SSSR count). The highest BCUT2D eigenvalue weighted by atomic mass is 16.6. The van der Waals surface area contributed by atoms with Crippen LogP contribution in [-0.2, 0) is 4.84 Å². The van der Waals surface area contributed by atoms with E-state index in [-0.39, 0.29) is 6.10 Å². The summed E-state index contributed by atoms with van der Waals surface area (Å²) in [6, 6.07) is 0. The summed E-state index contributed by atoms with van der Waals surface area (Å²) in [6.07, 6.45) is 2.39. The topological polar surface area (TPSA) is 70.4 Å². The second-order valence-corrected chi connectivity index (χ2v) is 1.66. The first-order chi connectivity index (χ1) is 4.43. The lowest BCUT2D eigenvalue weighted by molar-refractivity contribution is 0.0920. The molecule has 5 nitrogen and oxygen atoms in total. The summed E-state index contributed by atoms with van der Waals surface area (Å²) in [6.45, 7) is 0.372. The molecule has 0 radical (unpaired) electrons. The van der Waals surface area contributed by atoms with Crippen LogP contribution in [0.3, 0.4) is 0 Å². The quantitative estimate of drug-likeness (QED) is 0.310. The maximum Gasteiger partial charge on any atom is 0.138 e. The minimum atomic E-state index is -0.0269. The van der Waals surface area contributed by atoms with Crippen molar-refractivity contribution in [1.82, 2.24) is 0 Å². The molecule has 0 bridgehead atoms. The standard InChI is InChI=1S/C4H6N4O/c5-8-6-3-4-1-2-7-9-4/h2,4H,1,3H2. The summed E-state index contributed by atoms with van der Waals surface area (Å²) in [5.74, 6) is 0. The van der Waals surface area contributed by atoms with Crippen LogP contribution in [0.5, 0.6) is 0 Å². The van der Waals surface area contributed by atoms with Crippen LogP contribution in [-0.4, -0.2) is 18.9 Å².